The minimum atomic E-state index is -1.74. The molecule has 4 rings (SSSR count). The molecule has 0 aromatic heterocycles. The van der Waals surface area contributed by atoms with Crippen molar-refractivity contribution < 1.29 is 29.3 Å². The van der Waals surface area contributed by atoms with Gasteiger partial charge in [0.1, 0.15) is 18.4 Å². The van der Waals surface area contributed by atoms with E-state index in [2.05, 4.69) is 0 Å². The minimum Gasteiger partial charge on any atom is -0.393 e. The Balaban J connectivity index is 1.81. The molecular formula is C22H29FO5. The third kappa shape index (κ3) is 2.22. The molecule has 0 radical (unpaired) electrons. The Morgan fingerprint density at radius 1 is 1.32 bits per heavy atom. The summed E-state index contributed by atoms with van der Waals surface area (Å²) < 4.78 is 15.2. The topological polar surface area (TPSA) is 94.8 Å². The van der Waals surface area contributed by atoms with E-state index in [1.165, 1.54) is 12.2 Å². The van der Waals surface area contributed by atoms with E-state index in [0.29, 0.717) is 12.0 Å². The van der Waals surface area contributed by atoms with Crippen molar-refractivity contribution in [3.8, 4) is 0 Å². The highest BCUT2D eigenvalue weighted by Gasteiger charge is 2.71. The van der Waals surface area contributed by atoms with E-state index in [-0.39, 0.29) is 42.3 Å². The highest BCUT2D eigenvalue weighted by atomic mass is 19.1. The second kappa shape index (κ2) is 6.07. The lowest BCUT2D eigenvalue weighted by Crippen LogP contribution is -2.63. The monoisotopic (exact) mass is 392 g/mol. The molecule has 3 fully saturated rings. The predicted octanol–water partition coefficient (Wildman–Crippen LogP) is 1.75. The van der Waals surface area contributed by atoms with Gasteiger partial charge in [0.2, 0.25) is 0 Å². The summed E-state index contributed by atoms with van der Waals surface area (Å²) in [6.07, 6.45) is 3.29. The summed E-state index contributed by atoms with van der Waals surface area (Å²) in [6, 6.07) is 0. The van der Waals surface area contributed by atoms with E-state index in [1.54, 1.807) is 19.9 Å². The van der Waals surface area contributed by atoms with Crippen LogP contribution in [0.1, 0.15) is 40.0 Å². The number of hydrogen-bond donors (Lipinski definition) is 3. The average molecular weight is 392 g/mol. The van der Waals surface area contributed by atoms with Gasteiger partial charge in [-0.25, -0.2) is 4.39 Å². The number of rotatable bonds is 2. The van der Waals surface area contributed by atoms with Crippen LogP contribution in [-0.4, -0.2) is 51.4 Å². The molecule has 0 heterocycles. The second-order valence-electron chi connectivity index (χ2n) is 9.79. The molecule has 3 N–H and O–H groups in total. The lowest BCUT2D eigenvalue weighted by molar-refractivity contribution is -0.185. The molecule has 0 amide bonds. The normalized spacial score (nSPS) is 52.5. The number of hydrogen-bond acceptors (Lipinski definition) is 5. The fourth-order valence-electron chi connectivity index (χ4n) is 7.38. The maximum absolute atomic E-state index is 15.2. The molecule has 0 aromatic carbocycles. The van der Waals surface area contributed by atoms with Crippen molar-refractivity contribution >= 4 is 11.6 Å². The first kappa shape index (κ1) is 19.9. The van der Waals surface area contributed by atoms with Crippen LogP contribution in [0.3, 0.4) is 0 Å². The number of ketones is 2. The molecule has 0 spiro atoms. The first-order chi connectivity index (χ1) is 13.0. The third-order valence-corrected chi connectivity index (χ3v) is 8.63. The summed E-state index contributed by atoms with van der Waals surface area (Å²) in [5, 5.41) is 32.1. The molecular weight excluding hydrogens is 363 g/mol. The van der Waals surface area contributed by atoms with Crippen molar-refractivity contribution in [2.45, 2.75) is 57.9 Å². The van der Waals surface area contributed by atoms with Crippen molar-refractivity contribution in [1.82, 2.24) is 0 Å². The molecule has 4 aliphatic carbocycles. The molecule has 5 nitrogen and oxygen atoms in total. The summed E-state index contributed by atoms with van der Waals surface area (Å²) in [5.41, 5.74) is -3.00. The van der Waals surface area contributed by atoms with E-state index < -0.39 is 41.1 Å². The Hall–Kier alpha value is -1.37. The van der Waals surface area contributed by atoms with Crippen molar-refractivity contribution in [2.24, 2.45) is 34.5 Å². The summed E-state index contributed by atoms with van der Waals surface area (Å²) in [6.45, 7) is 4.71. The number of alkyl halides is 1. The SMILES string of the molecule is C[C@H]1C[C@@H]2[C@H]3C[C@H](F)C4=CC(=O)C=C[C@]4(C)[C@@H]3[C@@H](O)C[C@@]2(C)[C@]1(O)C(=O)CO. The minimum absolute atomic E-state index is 0.154. The predicted molar refractivity (Wildman–Crippen MR) is 99.9 cm³/mol. The molecule has 154 valence electrons. The quantitative estimate of drug-likeness (QED) is 0.666. The zero-order valence-electron chi connectivity index (χ0n) is 16.6. The number of aliphatic hydroxyl groups excluding tert-OH is 2. The first-order valence-electron chi connectivity index (χ1n) is 10.1. The van der Waals surface area contributed by atoms with E-state index in [0.717, 1.165) is 0 Å². The lowest BCUT2D eigenvalue weighted by Gasteiger charge is -2.60. The molecule has 0 aromatic rings. The third-order valence-electron chi connectivity index (χ3n) is 8.63. The number of carbonyl (C=O) groups is 2. The van der Waals surface area contributed by atoms with Gasteiger partial charge in [0.25, 0.3) is 0 Å². The molecule has 0 aliphatic heterocycles. The van der Waals surface area contributed by atoms with Crippen molar-refractivity contribution in [3.05, 3.63) is 23.8 Å². The van der Waals surface area contributed by atoms with Gasteiger partial charge in [-0.15, -0.1) is 0 Å². The first-order valence-corrected chi connectivity index (χ1v) is 10.1. The highest BCUT2D eigenvalue weighted by Crippen LogP contribution is 2.68. The number of aliphatic hydroxyl groups is 3. The fourth-order valence-corrected chi connectivity index (χ4v) is 7.38. The van der Waals surface area contributed by atoms with Crippen LogP contribution in [0.5, 0.6) is 0 Å². The number of Topliss-reactive ketones (excluding diaryl/α,β-unsaturated/α-hetero) is 1. The van der Waals surface area contributed by atoms with Gasteiger partial charge in [0, 0.05) is 16.7 Å². The molecule has 0 unspecified atom stereocenters. The largest absolute Gasteiger partial charge is 0.393 e. The van der Waals surface area contributed by atoms with Crippen LogP contribution in [0.25, 0.3) is 0 Å². The average Bonchev–Trinajstić information content (AvgIpc) is 2.83. The number of fused-ring (bicyclic) bond motifs is 5. The smallest absolute Gasteiger partial charge is 0.190 e. The standard InChI is InChI=1S/C22H29FO5/c1-11-6-14-13-8-16(23)15-7-12(25)4-5-20(15,2)19(13)17(26)9-21(14,3)22(11,28)18(27)10-24/h4-5,7,11,13-14,16-17,19,24,26,28H,6,8-10H2,1-3H3/t11-,13+,14+,16-,17-,19-,20-,21+,22+/m0/s1. The van der Waals surface area contributed by atoms with Crippen LogP contribution in [0.2, 0.25) is 0 Å². The maximum atomic E-state index is 15.2. The van der Waals surface area contributed by atoms with Crippen LogP contribution in [0.15, 0.2) is 23.8 Å². The van der Waals surface area contributed by atoms with E-state index in [9.17, 15) is 24.9 Å². The molecule has 4 aliphatic rings. The fraction of sp³-hybridized carbons (Fsp3) is 0.727. The summed E-state index contributed by atoms with van der Waals surface area (Å²) in [4.78, 5) is 24.4. The van der Waals surface area contributed by atoms with Crippen molar-refractivity contribution in [2.75, 3.05) is 6.61 Å². The van der Waals surface area contributed by atoms with E-state index in [4.69, 9.17) is 0 Å². The Morgan fingerprint density at radius 2 is 2.00 bits per heavy atom. The number of carbonyl (C=O) groups excluding carboxylic acids is 2. The number of halogens is 1. The van der Waals surface area contributed by atoms with Crippen LogP contribution in [-0.2, 0) is 9.59 Å². The Labute approximate surface area is 164 Å². The van der Waals surface area contributed by atoms with Crippen LogP contribution in [0, 0.1) is 34.5 Å². The molecule has 6 heteroatoms. The zero-order chi connectivity index (χ0) is 20.6. The van der Waals surface area contributed by atoms with Crippen molar-refractivity contribution in [3.63, 3.8) is 0 Å². The van der Waals surface area contributed by atoms with Gasteiger partial charge in [-0.05, 0) is 54.7 Å². The number of allylic oxidation sites excluding steroid dienone is 4. The Bertz CT molecular complexity index is 790. The van der Waals surface area contributed by atoms with Gasteiger partial charge >= 0.3 is 0 Å². The summed E-state index contributed by atoms with van der Waals surface area (Å²) >= 11 is 0. The van der Waals surface area contributed by atoms with Gasteiger partial charge < -0.3 is 15.3 Å². The van der Waals surface area contributed by atoms with Gasteiger partial charge in [-0.3, -0.25) is 9.59 Å². The van der Waals surface area contributed by atoms with Crippen molar-refractivity contribution in [1.29, 1.82) is 0 Å². The Kier molecular flexibility index (Phi) is 4.32. The van der Waals surface area contributed by atoms with Gasteiger partial charge in [-0.2, -0.15) is 0 Å². The van der Waals surface area contributed by atoms with Gasteiger partial charge in [0.15, 0.2) is 11.6 Å². The highest BCUT2D eigenvalue weighted by molar-refractivity contribution is 6.01. The van der Waals surface area contributed by atoms with E-state index in [1.807, 2.05) is 6.92 Å². The van der Waals surface area contributed by atoms with Crippen LogP contribution >= 0.6 is 0 Å². The second-order valence-corrected chi connectivity index (χ2v) is 9.79. The van der Waals surface area contributed by atoms with Crippen LogP contribution < -0.4 is 0 Å². The molecule has 3 saturated carbocycles. The van der Waals surface area contributed by atoms with Gasteiger partial charge in [-0.1, -0.05) is 26.8 Å². The Morgan fingerprint density at radius 3 is 2.64 bits per heavy atom. The zero-order valence-corrected chi connectivity index (χ0v) is 16.6. The summed E-state index contributed by atoms with van der Waals surface area (Å²) in [5.74, 6) is -1.92. The van der Waals surface area contributed by atoms with Crippen LogP contribution in [0.4, 0.5) is 4.39 Å². The molecule has 0 bridgehead atoms. The molecule has 0 saturated heterocycles. The maximum Gasteiger partial charge on any atom is 0.190 e. The summed E-state index contributed by atoms with van der Waals surface area (Å²) in [7, 11) is 0. The van der Waals surface area contributed by atoms with Gasteiger partial charge in [0.05, 0.1) is 6.10 Å². The molecule has 9 atom stereocenters. The molecule has 28 heavy (non-hydrogen) atoms. The lowest BCUT2D eigenvalue weighted by atomic mass is 9.46. The van der Waals surface area contributed by atoms with E-state index >= 15 is 4.39 Å².